The van der Waals surface area contributed by atoms with Crippen LogP contribution in [0.4, 0.5) is 0 Å². The molecule has 4 nitrogen and oxygen atoms in total. The summed E-state index contributed by atoms with van der Waals surface area (Å²) in [6, 6.07) is 0. The number of carbonyl (C=O) groups excluding carboxylic acids is 1. The third kappa shape index (κ3) is 6.46. The van der Waals surface area contributed by atoms with Gasteiger partial charge in [-0.1, -0.05) is 19.8 Å². The van der Waals surface area contributed by atoms with Gasteiger partial charge in [0.15, 0.2) is 0 Å². The second kappa shape index (κ2) is 7.35. The van der Waals surface area contributed by atoms with Gasteiger partial charge in [-0.3, -0.25) is 9.59 Å². The molecule has 1 N–H and O–H groups in total. The van der Waals surface area contributed by atoms with Crippen molar-refractivity contribution < 1.29 is 14.7 Å². The van der Waals surface area contributed by atoms with Gasteiger partial charge in [0, 0.05) is 20.0 Å². The summed E-state index contributed by atoms with van der Waals surface area (Å²) < 4.78 is 0. The lowest BCUT2D eigenvalue weighted by atomic mass is 10.2. The number of carboxylic acid groups (broad SMARTS) is 1. The summed E-state index contributed by atoms with van der Waals surface area (Å²) in [6.07, 6.45) is 3.59. The molecule has 0 rings (SSSR count). The van der Waals surface area contributed by atoms with Crippen molar-refractivity contribution in [3.63, 3.8) is 0 Å². The maximum atomic E-state index is 11.4. The van der Waals surface area contributed by atoms with Gasteiger partial charge in [0.25, 0.3) is 0 Å². The summed E-state index contributed by atoms with van der Waals surface area (Å²) in [4.78, 5) is 23.1. The van der Waals surface area contributed by atoms with E-state index in [0.717, 1.165) is 19.3 Å². The molecule has 0 aromatic rings. The molecule has 0 aliphatic carbocycles. The monoisotopic (exact) mass is 201 g/mol. The van der Waals surface area contributed by atoms with Crippen LogP contribution >= 0.6 is 0 Å². The van der Waals surface area contributed by atoms with Crippen molar-refractivity contribution in [2.75, 3.05) is 13.6 Å². The number of unbranched alkanes of at least 4 members (excludes halogenated alkanes) is 2. The Labute approximate surface area is 84.9 Å². The van der Waals surface area contributed by atoms with Crippen molar-refractivity contribution in [3.05, 3.63) is 0 Å². The van der Waals surface area contributed by atoms with Gasteiger partial charge in [-0.2, -0.15) is 0 Å². The lowest BCUT2D eigenvalue weighted by molar-refractivity contribution is -0.138. The van der Waals surface area contributed by atoms with E-state index < -0.39 is 5.97 Å². The van der Waals surface area contributed by atoms with Crippen LogP contribution in [0.2, 0.25) is 0 Å². The minimum atomic E-state index is -0.863. The fourth-order valence-corrected chi connectivity index (χ4v) is 1.11. The van der Waals surface area contributed by atoms with Gasteiger partial charge < -0.3 is 10.0 Å². The molecule has 0 radical (unpaired) electrons. The number of rotatable bonds is 7. The van der Waals surface area contributed by atoms with Gasteiger partial charge in [-0.15, -0.1) is 0 Å². The first-order valence-electron chi connectivity index (χ1n) is 5.03. The molecule has 14 heavy (non-hydrogen) atoms. The van der Waals surface area contributed by atoms with E-state index in [1.807, 2.05) is 0 Å². The van der Waals surface area contributed by atoms with Crippen LogP contribution in [0.3, 0.4) is 0 Å². The van der Waals surface area contributed by atoms with Gasteiger partial charge in [-0.05, 0) is 6.42 Å². The van der Waals surface area contributed by atoms with Crippen molar-refractivity contribution in [3.8, 4) is 0 Å². The van der Waals surface area contributed by atoms with Crippen LogP contribution in [0.5, 0.6) is 0 Å². The second-order valence-electron chi connectivity index (χ2n) is 3.42. The molecule has 4 heteroatoms. The number of nitrogens with zero attached hydrogens (tertiary/aromatic N) is 1. The summed E-state index contributed by atoms with van der Waals surface area (Å²) >= 11 is 0. The third-order valence-corrected chi connectivity index (χ3v) is 2.08. The van der Waals surface area contributed by atoms with Crippen LogP contribution in [0.1, 0.15) is 39.0 Å². The third-order valence-electron chi connectivity index (χ3n) is 2.08. The van der Waals surface area contributed by atoms with E-state index in [1.165, 1.54) is 4.90 Å². The SMILES string of the molecule is CCCCCC(=O)N(C)CCC(=O)O. The molecule has 0 spiro atoms. The molecule has 0 bridgehead atoms. The number of carboxylic acids is 1. The molecular formula is C10H19NO3. The predicted molar refractivity (Wildman–Crippen MR) is 54.0 cm³/mol. The molecule has 0 fully saturated rings. The Bertz CT molecular complexity index is 192. The molecule has 0 atom stereocenters. The number of hydrogen-bond acceptors (Lipinski definition) is 2. The average molecular weight is 201 g/mol. The molecule has 0 heterocycles. The normalized spacial score (nSPS) is 9.86. The van der Waals surface area contributed by atoms with Crippen LogP contribution in [0.15, 0.2) is 0 Å². The van der Waals surface area contributed by atoms with Crippen molar-refractivity contribution in [1.82, 2.24) is 4.90 Å². The Kier molecular flexibility index (Phi) is 6.80. The zero-order valence-electron chi connectivity index (χ0n) is 8.95. The first-order chi connectivity index (χ1) is 6.57. The summed E-state index contributed by atoms with van der Waals surface area (Å²) in [5.41, 5.74) is 0. The van der Waals surface area contributed by atoms with Crippen LogP contribution in [-0.2, 0) is 9.59 Å². The highest BCUT2D eigenvalue weighted by Gasteiger charge is 2.09. The summed E-state index contributed by atoms with van der Waals surface area (Å²) in [7, 11) is 1.65. The van der Waals surface area contributed by atoms with E-state index in [-0.39, 0.29) is 12.3 Å². The zero-order valence-corrected chi connectivity index (χ0v) is 8.95. The van der Waals surface area contributed by atoms with Gasteiger partial charge in [0.05, 0.1) is 6.42 Å². The van der Waals surface area contributed by atoms with Gasteiger partial charge >= 0.3 is 5.97 Å². The Balaban J connectivity index is 3.59. The second-order valence-corrected chi connectivity index (χ2v) is 3.42. The molecule has 0 aliphatic rings. The van der Waals surface area contributed by atoms with Crippen LogP contribution in [-0.4, -0.2) is 35.5 Å². The topological polar surface area (TPSA) is 57.6 Å². The summed E-state index contributed by atoms with van der Waals surface area (Å²) in [5, 5.41) is 8.42. The molecule has 82 valence electrons. The maximum absolute atomic E-state index is 11.4. The van der Waals surface area contributed by atoms with Crippen LogP contribution in [0.25, 0.3) is 0 Å². The van der Waals surface area contributed by atoms with Gasteiger partial charge in [-0.25, -0.2) is 0 Å². The molecule has 0 saturated heterocycles. The van der Waals surface area contributed by atoms with Crippen molar-refractivity contribution >= 4 is 11.9 Å². The van der Waals surface area contributed by atoms with Crippen molar-refractivity contribution in [2.24, 2.45) is 0 Å². The molecule has 0 aromatic carbocycles. The average Bonchev–Trinajstić information content (AvgIpc) is 2.14. The number of amides is 1. The van der Waals surface area contributed by atoms with Crippen LogP contribution < -0.4 is 0 Å². The van der Waals surface area contributed by atoms with Crippen molar-refractivity contribution in [1.29, 1.82) is 0 Å². The zero-order chi connectivity index (χ0) is 11.0. The number of hydrogen-bond donors (Lipinski definition) is 1. The molecule has 0 aromatic heterocycles. The molecule has 0 unspecified atom stereocenters. The number of carbonyl (C=O) groups is 2. The first kappa shape index (κ1) is 12.9. The lowest BCUT2D eigenvalue weighted by Crippen LogP contribution is -2.28. The number of aliphatic carboxylic acids is 1. The predicted octanol–water partition coefficient (Wildman–Crippen LogP) is 1.50. The standard InChI is InChI=1S/C10H19NO3/c1-3-4-5-6-9(12)11(2)8-7-10(13)14/h3-8H2,1-2H3,(H,13,14). The van der Waals surface area contributed by atoms with Gasteiger partial charge in [0.1, 0.15) is 0 Å². The Morgan fingerprint density at radius 2 is 1.86 bits per heavy atom. The molecule has 0 saturated carbocycles. The minimum absolute atomic E-state index is 0.0238. The highest BCUT2D eigenvalue weighted by Crippen LogP contribution is 2.02. The largest absolute Gasteiger partial charge is 0.481 e. The first-order valence-corrected chi connectivity index (χ1v) is 5.03. The van der Waals surface area contributed by atoms with E-state index in [9.17, 15) is 9.59 Å². The highest BCUT2D eigenvalue weighted by molar-refractivity contribution is 5.76. The molecule has 1 amide bonds. The van der Waals surface area contributed by atoms with Crippen LogP contribution in [0, 0.1) is 0 Å². The van der Waals surface area contributed by atoms with E-state index >= 15 is 0 Å². The minimum Gasteiger partial charge on any atom is -0.481 e. The fraction of sp³-hybridized carbons (Fsp3) is 0.800. The fourth-order valence-electron chi connectivity index (χ4n) is 1.11. The summed E-state index contributed by atoms with van der Waals surface area (Å²) in [6.45, 7) is 2.39. The highest BCUT2D eigenvalue weighted by atomic mass is 16.4. The Morgan fingerprint density at radius 1 is 1.21 bits per heavy atom. The quantitative estimate of drug-likeness (QED) is 0.635. The van der Waals surface area contributed by atoms with E-state index in [4.69, 9.17) is 5.11 Å². The van der Waals surface area contributed by atoms with E-state index in [2.05, 4.69) is 6.92 Å². The lowest BCUT2D eigenvalue weighted by Gasteiger charge is -2.15. The molecule has 0 aliphatic heterocycles. The maximum Gasteiger partial charge on any atom is 0.305 e. The van der Waals surface area contributed by atoms with Crippen molar-refractivity contribution in [2.45, 2.75) is 39.0 Å². The van der Waals surface area contributed by atoms with Gasteiger partial charge in [0.2, 0.25) is 5.91 Å². The Hall–Kier alpha value is -1.06. The summed E-state index contributed by atoms with van der Waals surface area (Å²) in [5.74, 6) is -0.821. The molecular weight excluding hydrogens is 182 g/mol. The smallest absolute Gasteiger partial charge is 0.305 e. The van der Waals surface area contributed by atoms with E-state index in [1.54, 1.807) is 7.05 Å². The van der Waals surface area contributed by atoms with E-state index in [0.29, 0.717) is 13.0 Å². The Morgan fingerprint density at radius 3 is 2.36 bits per heavy atom.